The Morgan fingerprint density at radius 2 is 0.857 bits per heavy atom. The van der Waals surface area contributed by atoms with E-state index in [1.807, 2.05) is 24.3 Å². The molecule has 0 spiro atoms. The van der Waals surface area contributed by atoms with Gasteiger partial charge in [0.15, 0.2) is 5.78 Å². The van der Waals surface area contributed by atoms with Gasteiger partial charge < -0.3 is 4.74 Å². The summed E-state index contributed by atoms with van der Waals surface area (Å²) in [5.74, 6) is 0.950. The van der Waals surface area contributed by atoms with E-state index < -0.39 is 0 Å². The van der Waals surface area contributed by atoms with Crippen LogP contribution < -0.4 is 4.74 Å². The predicted molar refractivity (Wildman–Crippen MR) is 183 cm³/mol. The minimum atomic E-state index is 0.0949. The highest BCUT2D eigenvalue weighted by Crippen LogP contribution is 2.38. The van der Waals surface area contributed by atoms with Gasteiger partial charge in [0, 0.05) is 5.56 Å². The second-order valence-electron chi connectivity index (χ2n) is 12.1. The minimum absolute atomic E-state index is 0.0949. The monoisotopic (exact) mass is 560 g/mol. The molecule has 0 fully saturated rings. The standard InChI is InChI=1S/C24H24.C16H24O2/c1-13-7-19-20(8-14(13)2)22-10-16(4)18(6)12-24(22)23-11-17(5)15(3)9-21(19)23;1-3-4-5-6-7-8-13-18-16-11-9-15(10-12-16)14(2)17/h7-12H,1-6H3;9-12H,3-8,13H2,1-2H3. The van der Waals surface area contributed by atoms with Crippen LogP contribution in [0.4, 0.5) is 0 Å². The first kappa shape index (κ1) is 31.3. The predicted octanol–water partition coefficient (Wildman–Crippen LogP) is 11.6. The summed E-state index contributed by atoms with van der Waals surface area (Å²) in [4.78, 5) is 11.1. The Labute approximate surface area is 253 Å². The van der Waals surface area contributed by atoms with Crippen molar-refractivity contribution in [1.82, 2.24) is 0 Å². The summed E-state index contributed by atoms with van der Waals surface area (Å²) in [5, 5.41) is 8.29. The summed E-state index contributed by atoms with van der Waals surface area (Å²) in [6.07, 6.45) is 7.63. The fourth-order valence-corrected chi connectivity index (χ4v) is 5.64. The van der Waals surface area contributed by atoms with Crippen LogP contribution in [0.3, 0.4) is 0 Å². The van der Waals surface area contributed by atoms with E-state index in [2.05, 4.69) is 84.9 Å². The Balaban J connectivity index is 0.000000202. The smallest absolute Gasteiger partial charge is 0.159 e. The third kappa shape index (κ3) is 7.21. The molecule has 5 aromatic rings. The van der Waals surface area contributed by atoms with E-state index in [1.54, 1.807) is 6.92 Å². The third-order valence-corrected chi connectivity index (χ3v) is 8.80. The molecule has 0 unspecified atom stereocenters. The van der Waals surface area contributed by atoms with Crippen molar-refractivity contribution in [2.75, 3.05) is 6.61 Å². The lowest BCUT2D eigenvalue weighted by molar-refractivity contribution is 0.101. The SMILES string of the molecule is CCCCCCCCOc1ccc(C(C)=O)cc1.Cc1cc2c3cc(C)c(C)cc3c3cc(C)c(C)cc3c2cc1C. The lowest BCUT2D eigenvalue weighted by Crippen LogP contribution is -1.98. The van der Waals surface area contributed by atoms with E-state index in [9.17, 15) is 4.79 Å². The summed E-state index contributed by atoms with van der Waals surface area (Å²) < 4.78 is 5.64. The fourth-order valence-electron chi connectivity index (χ4n) is 5.64. The summed E-state index contributed by atoms with van der Waals surface area (Å²) >= 11 is 0. The van der Waals surface area contributed by atoms with Crippen molar-refractivity contribution in [2.24, 2.45) is 0 Å². The molecule has 0 atom stereocenters. The van der Waals surface area contributed by atoms with Gasteiger partial charge in [-0.2, -0.15) is 0 Å². The minimum Gasteiger partial charge on any atom is -0.494 e. The van der Waals surface area contributed by atoms with Gasteiger partial charge in [0.1, 0.15) is 5.75 Å². The van der Waals surface area contributed by atoms with Gasteiger partial charge in [-0.05, 0) is 145 Å². The highest BCUT2D eigenvalue weighted by molar-refractivity contribution is 6.26. The first-order valence-corrected chi connectivity index (χ1v) is 15.7. The van der Waals surface area contributed by atoms with Crippen molar-refractivity contribution in [3.05, 3.63) is 99.6 Å². The normalized spacial score (nSPS) is 11.1. The van der Waals surface area contributed by atoms with Crippen molar-refractivity contribution in [1.29, 1.82) is 0 Å². The molecule has 2 nitrogen and oxygen atoms in total. The van der Waals surface area contributed by atoms with Gasteiger partial charge in [-0.1, -0.05) is 75.4 Å². The Hall–Kier alpha value is -3.65. The number of Topliss-reactive ketones (excluding diaryl/α,β-unsaturated/α-hetero) is 1. The molecule has 0 N–H and O–H groups in total. The lowest BCUT2D eigenvalue weighted by atomic mass is 9.88. The first-order valence-electron chi connectivity index (χ1n) is 15.7. The summed E-state index contributed by atoms with van der Waals surface area (Å²) in [6, 6.07) is 21.6. The molecule has 0 aliphatic carbocycles. The van der Waals surface area contributed by atoms with E-state index in [-0.39, 0.29) is 5.78 Å². The summed E-state index contributed by atoms with van der Waals surface area (Å²) in [7, 11) is 0. The number of unbranched alkanes of at least 4 members (excludes halogenated alkanes) is 5. The van der Waals surface area contributed by atoms with Gasteiger partial charge in [0.05, 0.1) is 6.61 Å². The average molecular weight is 561 g/mol. The number of aryl methyl sites for hydroxylation is 6. The van der Waals surface area contributed by atoms with Crippen LogP contribution in [0.1, 0.15) is 96.1 Å². The summed E-state index contributed by atoms with van der Waals surface area (Å²) in [5.41, 5.74) is 8.93. The number of fused-ring (bicyclic) bond motifs is 6. The molecule has 0 aliphatic heterocycles. The van der Waals surface area contributed by atoms with Gasteiger partial charge in [-0.25, -0.2) is 0 Å². The van der Waals surface area contributed by atoms with E-state index in [0.29, 0.717) is 0 Å². The van der Waals surface area contributed by atoms with Gasteiger partial charge in [0.2, 0.25) is 0 Å². The maximum absolute atomic E-state index is 11.1. The van der Waals surface area contributed by atoms with Crippen molar-refractivity contribution in [3.8, 4) is 5.75 Å². The van der Waals surface area contributed by atoms with Crippen LogP contribution in [0, 0.1) is 41.5 Å². The van der Waals surface area contributed by atoms with Gasteiger partial charge in [-0.15, -0.1) is 0 Å². The Morgan fingerprint density at radius 3 is 1.19 bits per heavy atom. The van der Waals surface area contributed by atoms with Crippen molar-refractivity contribution >= 4 is 38.1 Å². The second kappa shape index (κ2) is 14.0. The van der Waals surface area contributed by atoms with Crippen LogP contribution in [0.2, 0.25) is 0 Å². The zero-order valence-corrected chi connectivity index (χ0v) is 27.0. The lowest BCUT2D eigenvalue weighted by Gasteiger charge is -2.16. The quantitative estimate of drug-likeness (QED) is 0.102. The molecule has 0 amide bonds. The highest BCUT2D eigenvalue weighted by Gasteiger charge is 2.12. The number of hydrogen-bond acceptors (Lipinski definition) is 2. The zero-order valence-electron chi connectivity index (χ0n) is 27.0. The van der Waals surface area contributed by atoms with E-state index in [0.717, 1.165) is 24.3 Å². The number of carbonyl (C=O) groups is 1. The molecule has 0 heterocycles. The topological polar surface area (TPSA) is 26.3 Å². The van der Waals surface area contributed by atoms with Crippen LogP contribution in [0.5, 0.6) is 5.75 Å². The molecule has 0 saturated carbocycles. The largest absolute Gasteiger partial charge is 0.494 e. The fraction of sp³-hybridized carbons (Fsp3) is 0.375. The molecule has 0 aliphatic rings. The van der Waals surface area contributed by atoms with E-state index >= 15 is 0 Å². The first-order chi connectivity index (χ1) is 20.1. The number of hydrogen-bond donors (Lipinski definition) is 0. The van der Waals surface area contributed by atoms with Gasteiger partial charge in [-0.3, -0.25) is 4.79 Å². The van der Waals surface area contributed by atoms with Crippen LogP contribution in [0.15, 0.2) is 60.7 Å². The molecule has 0 radical (unpaired) electrons. The van der Waals surface area contributed by atoms with Crippen LogP contribution in [-0.4, -0.2) is 12.4 Å². The maximum atomic E-state index is 11.1. The highest BCUT2D eigenvalue weighted by atomic mass is 16.5. The summed E-state index contributed by atoms with van der Waals surface area (Å²) in [6.45, 7) is 17.9. The molecular formula is C40H48O2. The number of ketones is 1. The average Bonchev–Trinajstić information content (AvgIpc) is 2.96. The van der Waals surface area contributed by atoms with Crippen molar-refractivity contribution in [2.45, 2.75) is 93.9 Å². The van der Waals surface area contributed by atoms with Crippen LogP contribution in [0.25, 0.3) is 32.3 Å². The number of benzene rings is 5. The van der Waals surface area contributed by atoms with Gasteiger partial charge in [0.25, 0.3) is 0 Å². The molecular weight excluding hydrogens is 512 g/mol. The maximum Gasteiger partial charge on any atom is 0.159 e. The van der Waals surface area contributed by atoms with Crippen molar-refractivity contribution < 1.29 is 9.53 Å². The Bertz CT molecular complexity index is 1440. The van der Waals surface area contributed by atoms with Crippen LogP contribution >= 0.6 is 0 Å². The Morgan fingerprint density at radius 1 is 0.524 bits per heavy atom. The molecule has 0 bridgehead atoms. The van der Waals surface area contributed by atoms with Crippen molar-refractivity contribution in [3.63, 3.8) is 0 Å². The molecule has 220 valence electrons. The molecule has 0 saturated heterocycles. The number of ether oxygens (including phenoxy) is 1. The molecule has 5 rings (SSSR count). The Kier molecular flexibility index (Phi) is 10.4. The third-order valence-electron chi connectivity index (χ3n) is 8.80. The number of carbonyl (C=O) groups excluding carboxylic acids is 1. The van der Waals surface area contributed by atoms with E-state index in [4.69, 9.17) is 4.74 Å². The molecule has 0 aromatic heterocycles. The van der Waals surface area contributed by atoms with Gasteiger partial charge >= 0.3 is 0 Å². The van der Waals surface area contributed by atoms with Crippen LogP contribution in [-0.2, 0) is 0 Å². The zero-order chi connectivity index (χ0) is 30.4. The molecule has 42 heavy (non-hydrogen) atoms. The number of rotatable bonds is 9. The molecule has 5 aromatic carbocycles. The second-order valence-corrected chi connectivity index (χ2v) is 12.1. The van der Waals surface area contributed by atoms with E-state index in [1.165, 1.54) is 97.8 Å². The molecule has 2 heteroatoms.